The molecule has 1 aromatic rings. The second-order valence-corrected chi connectivity index (χ2v) is 8.69. The number of carbonyl (C=O) groups excluding carboxylic acids is 2. The first-order chi connectivity index (χ1) is 11.7. The summed E-state index contributed by atoms with van der Waals surface area (Å²) < 4.78 is 25.5. The van der Waals surface area contributed by atoms with E-state index in [9.17, 15) is 18.0 Å². The van der Waals surface area contributed by atoms with Gasteiger partial charge in [-0.05, 0) is 37.8 Å². The Morgan fingerprint density at radius 1 is 1.32 bits per heavy atom. The van der Waals surface area contributed by atoms with Crippen molar-refractivity contribution in [1.29, 1.82) is 0 Å². The SMILES string of the molecule is CC(=O)c1cccc(N(CCC(=O)N2CCCC(C)C2)S(C)(=O)=O)c1. The summed E-state index contributed by atoms with van der Waals surface area (Å²) in [5.41, 5.74) is 0.859. The predicted molar refractivity (Wildman–Crippen MR) is 98.2 cm³/mol. The van der Waals surface area contributed by atoms with Crippen LogP contribution in [0, 0.1) is 5.92 Å². The maximum Gasteiger partial charge on any atom is 0.232 e. The fraction of sp³-hybridized carbons (Fsp3) is 0.556. The summed E-state index contributed by atoms with van der Waals surface area (Å²) in [5, 5.41) is 0. The molecule has 6 nitrogen and oxygen atoms in total. The molecule has 1 atom stereocenters. The number of sulfonamides is 1. The molecular weight excluding hydrogens is 340 g/mol. The third-order valence-electron chi connectivity index (χ3n) is 4.48. The first-order valence-electron chi connectivity index (χ1n) is 8.55. The summed E-state index contributed by atoms with van der Waals surface area (Å²) in [7, 11) is -3.55. The summed E-state index contributed by atoms with van der Waals surface area (Å²) >= 11 is 0. The lowest BCUT2D eigenvalue weighted by Gasteiger charge is -2.32. The average Bonchev–Trinajstić information content (AvgIpc) is 2.54. The Labute approximate surface area is 149 Å². The van der Waals surface area contributed by atoms with Crippen LogP contribution in [-0.4, -0.2) is 50.9 Å². The fourth-order valence-corrected chi connectivity index (χ4v) is 4.06. The lowest BCUT2D eigenvalue weighted by Crippen LogP contribution is -2.41. The van der Waals surface area contributed by atoms with Gasteiger partial charge in [-0.1, -0.05) is 19.1 Å². The third-order valence-corrected chi connectivity index (χ3v) is 5.67. The normalized spacial score (nSPS) is 18.0. The van der Waals surface area contributed by atoms with E-state index in [1.807, 2.05) is 4.90 Å². The summed E-state index contributed by atoms with van der Waals surface area (Å²) in [5.74, 6) is 0.326. The zero-order chi connectivity index (χ0) is 18.6. The lowest BCUT2D eigenvalue weighted by atomic mass is 10.00. The Morgan fingerprint density at radius 3 is 2.64 bits per heavy atom. The quantitative estimate of drug-likeness (QED) is 0.724. The van der Waals surface area contributed by atoms with E-state index in [1.54, 1.807) is 24.3 Å². The number of hydrogen-bond acceptors (Lipinski definition) is 4. The minimum Gasteiger partial charge on any atom is -0.342 e. The van der Waals surface area contributed by atoms with E-state index < -0.39 is 10.0 Å². The van der Waals surface area contributed by atoms with E-state index in [0.29, 0.717) is 17.2 Å². The molecule has 0 bridgehead atoms. The van der Waals surface area contributed by atoms with Crippen molar-refractivity contribution in [1.82, 2.24) is 4.90 Å². The van der Waals surface area contributed by atoms with Gasteiger partial charge in [0.1, 0.15) is 0 Å². The van der Waals surface area contributed by atoms with E-state index in [1.165, 1.54) is 11.2 Å². The average molecular weight is 366 g/mol. The first-order valence-corrected chi connectivity index (χ1v) is 10.4. The van der Waals surface area contributed by atoms with Gasteiger partial charge in [-0.25, -0.2) is 8.42 Å². The van der Waals surface area contributed by atoms with Gasteiger partial charge in [-0.3, -0.25) is 13.9 Å². The van der Waals surface area contributed by atoms with Crippen LogP contribution in [0.5, 0.6) is 0 Å². The monoisotopic (exact) mass is 366 g/mol. The van der Waals surface area contributed by atoms with Gasteiger partial charge < -0.3 is 4.90 Å². The van der Waals surface area contributed by atoms with E-state index in [0.717, 1.165) is 32.2 Å². The van der Waals surface area contributed by atoms with Crippen molar-refractivity contribution in [3.63, 3.8) is 0 Å². The molecule has 0 N–H and O–H groups in total. The number of rotatable bonds is 6. The second kappa shape index (κ2) is 7.99. The van der Waals surface area contributed by atoms with Crippen LogP contribution in [0.25, 0.3) is 0 Å². The molecule has 1 unspecified atom stereocenters. The highest BCUT2D eigenvalue weighted by Crippen LogP contribution is 2.21. The van der Waals surface area contributed by atoms with E-state index >= 15 is 0 Å². The number of nitrogens with zero attached hydrogens (tertiary/aromatic N) is 2. The maximum atomic E-state index is 12.4. The van der Waals surface area contributed by atoms with Crippen molar-refractivity contribution in [3.05, 3.63) is 29.8 Å². The number of piperidine rings is 1. The molecule has 7 heteroatoms. The van der Waals surface area contributed by atoms with Crippen LogP contribution >= 0.6 is 0 Å². The molecule has 0 spiro atoms. The van der Waals surface area contributed by atoms with Gasteiger partial charge in [0, 0.05) is 31.6 Å². The number of amides is 1. The molecule has 0 radical (unpaired) electrons. The zero-order valence-electron chi connectivity index (χ0n) is 15.1. The van der Waals surface area contributed by atoms with Crippen LogP contribution < -0.4 is 4.31 Å². The summed E-state index contributed by atoms with van der Waals surface area (Å²) in [6.07, 6.45) is 3.35. The minimum absolute atomic E-state index is 0.0251. The third kappa shape index (κ3) is 5.29. The molecule has 1 heterocycles. The van der Waals surface area contributed by atoms with Crippen LogP contribution in [0.1, 0.15) is 43.5 Å². The van der Waals surface area contributed by atoms with Crippen LogP contribution in [0.4, 0.5) is 5.69 Å². The van der Waals surface area contributed by atoms with E-state index in [2.05, 4.69) is 6.92 Å². The van der Waals surface area contributed by atoms with Gasteiger partial charge in [0.25, 0.3) is 0 Å². The van der Waals surface area contributed by atoms with Crippen molar-refractivity contribution >= 4 is 27.4 Å². The molecule has 0 aromatic heterocycles. The predicted octanol–water partition coefficient (Wildman–Crippen LogP) is 2.30. The molecule has 1 aromatic carbocycles. The molecule has 1 aliphatic rings. The number of hydrogen-bond donors (Lipinski definition) is 0. The smallest absolute Gasteiger partial charge is 0.232 e. The molecule has 25 heavy (non-hydrogen) atoms. The highest BCUT2D eigenvalue weighted by Gasteiger charge is 2.24. The number of ketones is 1. The summed E-state index contributed by atoms with van der Waals surface area (Å²) in [4.78, 5) is 25.8. The molecule has 0 aliphatic carbocycles. The molecular formula is C18H26N2O4S. The van der Waals surface area contributed by atoms with Gasteiger partial charge in [0.05, 0.1) is 11.9 Å². The number of Topliss-reactive ketones (excluding diaryl/α,β-unsaturated/α-hetero) is 1. The van der Waals surface area contributed by atoms with Crippen LogP contribution in [0.15, 0.2) is 24.3 Å². The molecule has 0 saturated carbocycles. The van der Waals surface area contributed by atoms with Gasteiger partial charge in [-0.15, -0.1) is 0 Å². The second-order valence-electron chi connectivity index (χ2n) is 6.78. The number of carbonyl (C=O) groups is 2. The maximum absolute atomic E-state index is 12.4. The Morgan fingerprint density at radius 2 is 2.04 bits per heavy atom. The Bertz CT molecular complexity index is 745. The Balaban J connectivity index is 2.12. The number of likely N-dealkylation sites (tertiary alicyclic amines) is 1. The van der Waals surface area contributed by atoms with Crippen LogP contribution in [0.2, 0.25) is 0 Å². The number of benzene rings is 1. The number of anilines is 1. The highest BCUT2D eigenvalue weighted by molar-refractivity contribution is 7.92. The lowest BCUT2D eigenvalue weighted by molar-refractivity contribution is -0.132. The van der Waals surface area contributed by atoms with Crippen molar-refractivity contribution in [3.8, 4) is 0 Å². The largest absolute Gasteiger partial charge is 0.342 e. The van der Waals surface area contributed by atoms with Crippen molar-refractivity contribution < 1.29 is 18.0 Å². The van der Waals surface area contributed by atoms with Crippen LogP contribution in [0.3, 0.4) is 0 Å². The molecule has 2 rings (SSSR count). The van der Waals surface area contributed by atoms with E-state index in [4.69, 9.17) is 0 Å². The topological polar surface area (TPSA) is 74.8 Å². The highest BCUT2D eigenvalue weighted by atomic mass is 32.2. The van der Waals surface area contributed by atoms with Crippen molar-refractivity contribution in [2.75, 3.05) is 30.2 Å². The van der Waals surface area contributed by atoms with Crippen molar-refractivity contribution in [2.24, 2.45) is 5.92 Å². The first kappa shape index (κ1) is 19.4. The summed E-state index contributed by atoms with van der Waals surface area (Å²) in [6.45, 7) is 5.10. The van der Waals surface area contributed by atoms with Crippen LogP contribution in [-0.2, 0) is 14.8 Å². The van der Waals surface area contributed by atoms with Gasteiger partial charge in [-0.2, -0.15) is 0 Å². The molecule has 1 fully saturated rings. The summed E-state index contributed by atoms with van der Waals surface area (Å²) in [6, 6.07) is 6.49. The molecule has 1 amide bonds. The molecule has 1 aliphatic heterocycles. The fourth-order valence-electron chi connectivity index (χ4n) is 3.14. The molecule has 138 valence electrons. The molecule has 1 saturated heterocycles. The minimum atomic E-state index is -3.55. The van der Waals surface area contributed by atoms with Crippen molar-refractivity contribution in [2.45, 2.75) is 33.1 Å². The zero-order valence-corrected chi connectivity index (χ0v) is 15.9. The standard InChI is InChI=1S/C18H26N2O4S/c1-14-6-5-10-19(13-14)18(22)9-11-20(25(3,23)24)17-8-4-7-16(12-17)15(2)21/h4,7-8,12,14H,5-6,9-11,13H2,1-3H3. The van der Waals surface area contributed by atoms with Gasteiger partial charge >= 0.3 is 0 Å². The Hall–Kier alpha value is -1.89. The van der Waals surface area contributed by atoms with Gasteiger partial charge in [0.2, 0.25) is 15.9 Å². The Kier molecular flexibility index (Phi) is 6.21. The van der Waals surface area contributed by atoms with Gasteiger partial charge in [0.15, 0.2) is 5.78 Å². The van der Waals surface area contributed by atoms with E-state index in [-0.39, 0.29) is 24.7 Å².